The van der Waals surface area contributed by atoms with E-state index >= 15 is 0 Å². The highest BCUT2D eigenvalue weighted by atomic mass is 35.5. The van der Waals surface area contributed by atoms with Crippen LogP contribution in [0.2, 0.25) is 5.28 Å². The molecular formula is C15H15ClN4S. The quantitative estimate of drug-likeness (QED) is 0.732. The van der Waals surface area contributed by atoms with Gasteiger partial charge in [-0.1, -0.05) is 13.0 Å². The van der Waals surface area contributed by atoms with Crippen LogP contribution < -0.4 is 5.32 Å². The minimum absolute atomic E-state index is 0.267. The summed E-state index contributed by atoms with van der Waals surface area (Å²) in [5, 5.41) is 4.62. The number of nitrogens with zero attached hydrogens (tertiary/aromatic N) is 3. The fraction of sp³-hybridized carbons (Fsp3) is 0.267. The lowest BCUT2D eigenvalue weighted by atomic mass is 10.1. The predicted molar refractivity (Wildman–Crippen MR) is 88.1 cm³/mol. The SMILES string of the molecule is CCc1cccnc1CNc1nc(Cl)nc2sc(C)cc12. The number of aryl methyl sites for hydroxylation is 2. The topological polar surface area (TPSA) is 50.7 Å². The minimum atomic E-state index is 0.267. The lowest BCUT2D eigenvalue weighted by Crippen LogP contribution is -2.06. The third-order valence-corrected chi connectivity index (χ3v) is 4.39. The Morgan fingerprint density at radius 3 is 3.00 bits per heavy atom. The third kappa shape index (κ3) is 2.99. The molecule has 0 aliphatic carbocycles. The molecule has 3 aromatic heterocycles. The molecule has 1 N–H and O–H groups in total. The van der Waals surface area contributed by atoms with Gasteiger partial charge in [-0.3, -0.25) is 4.98 Å². The lowest BCUT2D eigenvalue weighted by molar-refractivity contribution is 0.965. The zero-order valence-electron chi connectivity index (χ0n) is 11.9. The van der Waals surface area contributed by atoms with E-state index in [1.165, 1.54) is 10.4 Å². The molecule has 0 saturated heterocycles. The second kappa shape index (κ2) is 5.95. The second-order valence-electron chi connectivity index (χ2n) is 4.73. The standard InChI is InChI=1S/C15H15ClN4S/c1-3-10-5-4-6-17-12(10)8-18-13-11-7-9(2)21-14(11)20-15(16)19-13/h4-7H,3,8H2,1-2H3,(H,18,19,20). The van der Waals surface area contributed by atoms with Gasteiger partial charge >= 0.3 is 0 Å². The maximum Gasteiger partial charge on any atom is 0.225 e. The van der Waals surface area contributed by atoms with Crippen LogP contribution in [-0.2, 0) is 13.0 Å². The van der Waals surface area contributed by atoms with Crippen LogP contribution >= 0.6 is 22.9 Å². The predicted octanol–water partition coefficient (Wildman–Crippen LogP) is 4.22. The molecule has 0 amide bonds. The van der Waals surface area contributed by atoms with E-state index in [-0.39, 0.29) is 5.28 Å². The number of halogens is 1. The molecule has 4 nitrogen and oxygen atoms in total. The van der Waals surface area contributed by atoms with E-state index in [4.69, 9.17) is 11.6 Å². The molecule has 0 spiro atoms. The number of thiophene rings is 1. The molecule has 0 saturated carbocycles. The van der Waals surface area contributed by atoms with E-state index in [9.17, 15) is 0 Å². The molecule has 0 atom stereocenters. The van der Waals surface area contributed by atoms with Crippen molar-refractivity contribution in [2.45, 2.75) is 26.8 Å². The fourth-order valence-corrected chi connectivity index (χ4v) is 3.37. The van der Waals surface area contributed by atoms with Crippen molar-refractivity contribution in [3.63, 3.8) is 0 Å². The van der Waals surface area contributed by atoms with Crippen molar-refractivity contribution < 1.29 is 0 Å². The average molecular weight is 319 g/mol. The highest BCUT2D eigenvalue weighted by Gasteiger charge is 2.10. The molecular weight excluding hydrogens is 304 g/mol. The maximum absolute atomic E-state index is 6.00. The van der Waals surface area contributed by atoms with Gasteiger partial charge in [-0.2, -0.15) is 0 Å². The van der Waals surface area contributed by atoms with Gasteiger partial charge in [-0.05, 0) is 42.6 Å². The van der Waals surface area contributed by atoms with Gasteiger partial charge in [0.15, 0.2) is 0 Å². The van der Waals surface area contributed by atoms with Gasteiger partial charge in [-0.25, -0.2) is 9.97 Å². The average Bonchev–Trinajstić information content (AvgIpc) is 2.85. The molecule has 0 radical (unpaired) electrons. The van der Waals surface area contributed by atoms with Crippen LogP contribution in [0.5, 0.6) is 0 Å². The van der Waals surface area contributed by atoms with E-state index in [0.717, 1.165) is 28.1 Å². The first kappa shape index (κ1) is 14.2. The Balaban J connectivity index is 1.91. The van der Waals surface area contributed by atoms with E-state index in [2.05, 4.69) is 46.2 Å². The van der Waals surface area contributed by atoms with E-state index in [1.54, 1.807) is 11.3 Å². The fourth-order valence-electron chi connectivity index (χ4n) is 2.27. The zero-order valence-corrected chi connectivity index (χ0v) is 13.4. The number of pyridine rings is 1. The van der Waals surface area contributed by atoms with Crippen LogP contribution in [0.4, 0.5) is 5.82 Å². The van der Waals surface area contributed by atoms with E-state index < -0.39 is 0 Å². The van der Waals surface area contributed by atoms with Gasteiger partial charge in [0.1, 0.15) is 10.6 Å². The molecule has 3 rings (SSSR count). The van der Waals surface area contributed by atoms with Gasteiger partial charge in [-0.15, -0.1) is 11.3 Å². The molecule has 0 aromatic carbocycles. The van der Waals surface area contributed by atoms with Crippen LogP contribution in [0.15, 0.2) is 24.4 Å². The first-order valence-electron chi connectivity index (χ1n) is 6.77. The van der Waals surface area contributed by atoms with Crippen molar-refractivity contribution in [2.24, 2.45) is 0 Å². The smallest absolute Gasteiger partial charge is 0.225 e. The van der Waals surface area contributed by atoms with Crippen LogP contribution in [0, 0.1) is 6.92 Å². The summed E-state index contributed by atoms with van der Waals surface area (Å²) >= 11 is 7.62. The molecule has 0 bridgehead atoms. The van der Waals surface area contributed by atoms with Crippen molar-refractivity contribution in [3.8, 4) is 0 Å². The largest absolute Gasteiger partial charge is 0.364 e. The normalized spacial score (nSPS) is 11.0. The number of fused-ring (bicyclic) bond motifs is 1. The highest BCUT2D eigenvalue weighted by Crippen LogP contribution is 2.29. The van der Waals surface area contributed by atoms with Crippen molar-refractivity contribution in [2.75, 3.05) is 5.32 Å². The Labute approximate surface area is 132 Å². The Morgan fingerprint density at radius 2 is 2.19 bits per heavy atom. The van der Waals surface area contributed by atoms with Crippen LogP contribution in [0.25, 0.3) is 10.2 Å². The first-order valence-corrected chi connectivity index (χ1v) is 7.97. The monoisotopic (exact) mass is 318 g/mol. The highest BCUT2D eigenvalue weighted by molar-refractivity contribution is 7.18. The van der Waals surface area contributed by atoms with Crippen molar-refractivity contribution in [1.29, 1.82) is 0 Å². The summed E-state index contributed by atoms with van der Waals surface area (Å²) in [6, 6.07) is 6.14. The molecule has 0 fully saturated rings. The maximum atomic E-state index is 6.00. The zero-order chi connectivity index (χ0) is 14.8. The number of anilines is 1. The summed E-state index contributed by atoms with van der Waals surface area (Å²) in [4.78, 5) is 15.1. The Bertz CT molecular complexity index is 784. The number of rotatable bonds is 4. The lowest BCUT2D eigenvalue weighted by Gasteiger charge is -2.09. The summed E-state index contributed by atoms with van der Waals surface area (Å²) in [6.45, 7) is 4.81. The minimum Gasteiger partial charge on any atom is -0.364 e. The summed E-state index contributed by atoms with van der Waals surface area (Å²) < 4.78 is 0. The molecule has 3 aromatic rings. The Morgan fingerprint density at radius 1 is 1.33 bits per heavy atom. The summed E-state index contributed by atoms with van der Waals surface area (Å²) in [7, 11) is 0. The van der Waals surface area contributed by atoms with Crippen LogP contribution in [0.3, 0.4) is 0 Å². The summed E-state index contributed by atoms with van der Waals surface area (Å²) in [5.74, 6) is 0.766. The Hall–Kier alpha value is -1.72. The van der Waals surface area contributed by atoms with E-state index in [0.29, 0.717) is 6.54 Å². The van der Waals surface area contributed by atoms with Crippen LogP contribution in [-0.4, -0.2) is 15.0 Å². The van der Waals surface area contributed by atoms with Crippen LogP contribution in [0.1, 0.15) is 23.1 Å². The molecule has 0 unspecified atom stereocenters. The molecule has 0 aliphatic rings. The Kier molecular flexibility index (Phi) is 4.03. The van der Waals surface area contributed by atoms with Crippen molar-refractivity contribution >= 4 is 39.0 Å². The van der Waals surface area contributed by atoms with Gasteiger partial charge in [0.2, 0.25) is 5.28 Å². The van der Waals surface area contributed by atoms with Crippen molar-refractivity contribution in [3.05, 3.63) is 45.8 Å². The number of hydrogen-bond donors (Lipinski definition) is 1. The summed E-state index contributed by atoms with van der Waals surface area (Å²) in [6.07, 6.45) is 2.77. The first-order chi connectivity index (χ1) is 10.2. The number of hydrogen-bond acceptors (Lipinski definition) is 5. The molecule has 6 heteroatoms. The molecule has 0 aliphatic heterocycles. The molecule has 108 valence electrons. The summed E-state index contributed by atoms with van der Waals surface area (Å²) in [5.41, 5.74) is 2.28. The van der Waals surface area contributed by atoms with Gasteiger partial charge in [0, 0.05) is 11.1 Å². The van der Waals surface area contributed by atoms with Gasteiger partial charge in [0.05, 0.1) is 17.6 Å². The van der Waals surface area contributed by atoms with Crippen molar-refractivity contribution in [1.82, 2.24) is 15.0 Å². The number of nitrogens with one attached hydrogen (secondary N) is 1. The van der Waals surface area contributed by atoms with Gasteiger partial charge < -0.3 is 5.32 Å². The van der Waals surface area contributed by atoms with E-state index in [1.807, 2.05) is 12.3 Å². The number of aromatic nitrogens is 3. The molecule has 3 heterocycles. The third-order valence-electron chi connectivity index (χ3n) is 3.28. The van der Waals surface area contributed by atoms with Gasteiger partial charge in [0.25, 0.3) is 0 Å². The molecule has 21 heavy (non-hydrogen) atoms. The second-order valence-corrected chi connectivity index (χ2v) is 6.31.